The Balaban J connectivity index is 2.01. The molecule has 4 nitrogen and oxygen atoms in total. The Morgan fingerprint density at radius 1 is 1.35 bits per heavy atom. The molecule has 1 aromatic carbocycles. The summed E-state index contributed by atoms with van der Waals surface area (Å²) in [6, 6.07) is 10.7. The number of benzene rings is 1. The summed E-state index contributed by atoms with van der Waals surface area (Å²) < 4.78 is 21.1. The Bertz CT molecular complexity index is 736. The second kappa shape index (κ2) is 10.6. The van der Waals surface area contributed by atoms with Crippen molar-refractivity contribution in [3.63, 3.8) is 0 Å². The fourth-order valence-electron chi connectivity index (χ4n) is 2.78. The molecule has 0 bridgehead atoms. The Morgan fingerprint density at radius 3 is 2.88 bits per heavy atom. The summed E-state index contributed by atoms with van der Waals surface area (Å²) in [5.41, 5.74) is 1.68. The van der Waals surface area contributed by atoms with Crippen LogP contribution in [-0.4, -0.2) is 47.0 Å². The van der Waals surface area contributed by atoms with Crippen LogP contribution in [0.25, 0.3) is 0 Å². The van der Waals surface area contributed by atoms with Crippen LogP contribution in [-0.2, 0) is 17.8 Å². The molecule has 0 amide bonds. The van der Waals surface area contributed by atoms with Gasteiger partial charge >= 0.3 is 0 Å². The standard InChI is InChI=1S/C21H25FN2O2/c1-3-11-23(16-20(25)17-26-13-4-2)15-19-9-7-12-24(19)14-18-8-5-6-10-21(18)22/h2-3,5-10,12,20,25H,1,11,13-17H2. The number of nitrogens with zero attached hydrogens (tertiary/aromatic N) is 2. The smallest absolute Gasteiger partial charge is 0.128 e. The molecule has 0 aliphatic rings. The molecule has 1 aromatic heterocycles. The van der Waals surface area contributed by atoms with Gasteiger partial charge in [0.15, 0.2) is 0 Å². The number of hydrogen-bond acceptors (Lipinski definition) is 3. The van der Waals surface area contributed by atoms with E-state index in [1.807, 2.05) is 29.0 Å². The lowest BCUT2D eigenvalue weighted by Gasteiger charge is -2.24. The molecular formula is C21H25FN2O2. The molecule has 0 spiro atoms. The van der Waals surface area contributed by atoms with Gasteiger partial charge in [0.05, 0.1) is 19.3 Å². The molecule has 2 rings (SSSR count). The van der Waals surface area contributed by atoms with Crippen LogP contribution in [0.15, 0.2) is 55.3 Å². The molecule has 0 aliphatic heterocycles. The second-order valence-electron chi connectivity index (χ2n) is 6.07. The Kier molecular flexibility index (Phi) is 8.10. The van der Waals surface area contributed by atoms with Crippen molar-refractivity contribution >= 4 is 0 Å². The van der Waals surface area contributed by atoms with Gasteiger partial charge in [-0.15, -0.1) is 13.0 Å². The predicted molar refractivity (Wildman–Crippen MR) is 101 cm³/mol. The topological polar surface area (TPSA) is 37.6 Å². The van der Waals surface area contributed by atoms with Crippen LogP contribution in [0.1, 0.15) is 11.3 Å². The summed E-state index contributed by atoms with van der Waals surface area (Å²) in [6.07, 6.45) is 8.22. The van der Waals surface area contributed by atoms with Gasteiger partial charge in [0, 0.05) is 37.1 Å². The molecule has 138 valence electrons. The van der Waals surface area contributed by atoms with Crippen LogP contribution in [0, 0.1) is 18.2 Å². The zero-order valence-electron chi connectivity index (χ0n) is 14.9. The van der Waals surface area contributed by atoms with Crippen molar-refractivity contribution < 1.29 is 14.2 Å². The molecule has 2 aromatic rings. The van der Waals surface area contributed by atoms with Crippen LogP contribution in [0.3, 0.4) is 0 Å². The lowest BCUT2D eigenvalue weighted by Crippen LogP contribution is -2.35. The zero-order valence-corrected chi connectivity index (χ0v) is 14.9. The van der Waals surface area contributed by atoms with E-state index in [1.54, 1.807) is 18.2 Å². The molecule has 1 atom stereocenters. The van der Waals surface area contributed by atoms with Crippen LogP contribution in [0.4, 0.5) is 4.39 Å². The van der Waals surface area contributed by atoms with Gasteiger partial charge in [-0.3, -0.25) is 4.90 Å². The molecule has 0 saturated carbocycles. The zero-order chi connectivity index (χ0) is 18.8. The minimum atomic E-state index is -0.640. The minimum absolute atomic E-state index is 0.185. The van der Waals surface area contributed by atoms with Gasteiger partial charge < -0.3 is 14.4 Å². The highest BCUT2D eigenvalue weighted by Gasteiger charge is 2.14. The van der Waals surface area contributed by atoms with E-state index in [0.29, 0.717) is 31.7 Å². The SMILES string of the molecule is C#CCOCC(O)CN(CC=C)Cc1cccn1Cc1ccccc1F. The second-order valence-corrected chi connectivity index (χ2v) is 6.07. The third-order valence-electron chi connectivity index (χ3n) is 3.96. The van der Waals surface area contributed by atoms with E-state index in [9.17, 15) is 9.50 Å². The van der Waals surface area contributed by atoms with Crippen LogP contribution in [0.5, 0.6) is 0 Å². The molecule has 1 heterocycles. The first-order chi connectivity index (χ1) is 12.6. The van der Waals surface area contributed by atoms with Gasteiger partial charge in [-0.2, -0.15) is 0 Å². The van der Waals surface area contributed by atoms with E-state index in [0.717, 1.165) is 5.69 Å². The summed E-state index contributed by atoms with van der Waals surface area (Å²) in [7, 11) is 0. The van der Waals surface area contributed by atoms with Gasteiger partial charge in [-0.25, -0.2) is 4.39 Å². The number of aromatic nitrogens is 1. The molecule has 26 heavy (non-hydrogen) atoms. The maximum Gasteiger partial charge on any atom is 0.128 e. The number of aliphatic hydroxyl groups is 1. The molecule has 0 fully saturated rings. The molecule has 0 radical (unpaired) electrons. The van der Waals surface area contributed by atoms with Gasteiger partial charge in [0.2, 0.25) is 0 Å². The van der Waals surface area contributed by atoms with E-state index >= 15 is 0 Å². The Labute approximate surface area is 154 Å². The van der Waals surface area contributed by atoms with E-state index in [1.165, 1.54) is 6.07 Å². The fraction of sp³-hybridized carbons (Fsp3) is 0.333. The molecule has 1 unspecified atom stereocenters. The number of aliphatic hydroxyl groups excluding tert-OH is 1. The average Bonchev–Trinajstić information content (AvgIpc) is 3.04. The van der Waals surface area contributed by atoms with Crippen molar-refractivity contribution in [2.24, 2.45) is 0 Å². The van der Waals surface area contributed by atoms with Gasteiger partial charge in [0.25, 0.3) is 0 Å². The summed E-state index contributed by atoms with van der Waals surface area (Å²) >= 11 is 0. The first kappa shape index (κ1) is 19.9. The predicted octanol–water partition coefficient (Wildman–Crippen LogP) is 2.67. The highest BCUT2D eigenvalue weighted by molar-refractivity contribution is 5.19. The average molecular weight is 356 g/mol. The van der Waals surface area contributed by atoms with E-state index in [4.69, 9.17) is 11.2 Å². The van der Waals surface area contributed by atoms with Crippen molar-refractivity contribution in [1.29, 1.82) is 0 Å². The third kappa shape index (κ3) is 6.16. The van der Waals surface area contributed by atoms with Crippen molar-refractivity contribution in [1.82, 2.24) is 9.47 Å². The quantitative estimate of drug-likeness (QED) is 0.382. The lowest BCUT2D eigenvalue weighted by molar-refractivity contribution is 0.0281. The maximum absolute atomic E-state index is 13.9. The fourth-order valence-corrected chi connectivity index (χ4v) is 2.78. The van der Waals surface area contributed by atoms with Crippen LogP contribution < -0.4 is 0 Å². The molecule has 0 aliphatic carbocycles. The number of ether oxygens (including phenoxy) is 1. The highest BCUT2D eigenvalue weighted by Crippen LogP contribution is 2.13. The molecular weight excluding hydrogens is 331 g/mol. The Morgan fingerprint density at radius 2 is 2.15 bits per heavy atom. The van der Waals surface area contributed by atoms with Gasteiger partial charge in [-0.05, 0) is 18.2 Å². The monoisotopic (exact) mass is 356 g/mol. The summed E-state index contributed by atoms with van der Waals surface area (Å²) in [5.74, 6) is 2.16. The normalized spacial score (nSPS) is 12.1. The largest absolute Gasteiger partial charge is 0.389 e. The van der Waals surface area contributed by atoms with Crippen molar-refractivity contribution in [2.45, 2.75) is 19.2 Å². The van der Waals surface area contributed by atoms with E-state index in [-0.39, 0.29) is 19.0 Å². The first-order valence-electron chi connectivity index (χ1n) is 8.54. The summed E-state index contributed by atoms with van der Waals surface area (Å²) in [4.78, 5) is 2.06. The number of halogens is 1. The minimum Gasteiger partial charge on any atom is -0.389 e. The van der Waals surface area contributed by atoms with Gasteiger partial charge in [-0.1, -0.05) is 30.2 Å². The van der Waals surface area contributed by atoms with Gasteiger partial charge in [0.1, 0.15) is 12.4 Å². The first-order valence-corrected chi connectivity index (χ1v) is 8.54. The molecule has 5 heteroatoms. The van der Waals surface area contributed by atoms with Crippen molar-refractivity contribution in [2.75, 3.05) is 26.3 Å². The van der Waals surface area contributed by atoms with Crippen molar-refractivity contribution in [3.05, 3.63) is 72.3 Å². The molecule has 1 N–H and O–H groups in total. The van der Waals surface area contributed by atoms with Crippen LogP contribution in [0.2, 0.25) is 0 Å². The van der Waals surface area contributed by atoms with E-state index in [2.05, 4.69) is 17.4 Å². The van der Waals surface area contributed by atoms with Crippen LogP contribution >= 0.6 is 0 Å². The summed E-state index contributed by atoms with van der Waals surface area (Å²) in [5, 5.41) is 10.1. The number of hydrogen-bond donors (Lipinski definition) is 1. The molecule has 0 saturated heterocycles. The number of terminal acetylenes is 1. The number of rotatable bonds is 11. The summed E-state index contributed by atoms with van der Waals surface area (Å²) in [6.45, 7) is 6.28. The highest BCUT2D eigenvalue weighted by atomic mass is 19.1. The van der Waals surface area contributed by atoms with E-state index < -0.39 is 6.10 Å². The Hall–Kier alpha value is -2.39. The third-order valence-corrected chi connectivity index (χ3v) is 3.96. The maximum atomic E-state index is 13.9. The lowest BCUT2D eigenvalue weighted by atomic mass is 10.2. The van der Waals surface area contributed by atoms with Crippen molar-refractivity contribution in [3.8, 4) is 12.3 Å².